The van der Waals surface area contributed by atoms with E-state index >= 15 is 0 Å². The van der Waals surface area contributed by atoms with Gasteiger partial charge in [-0.25, -0.2) is 4.39 Å². The summed E-state index contributed by atoms with van der Waals surface area (Å²) in [6, 6.07) is 3.20. The van der Waals surface area contributed by atoms with Gasteiger partial charge < -0.3 is 10.2 Å². The lowest BCUT2D eigenvalue weighted by molar-refractivity contribution is -0.128. The summed E-state index contributed by atoms with van der Waals surface area (Å²) in [5, 5.41) is 3.14. The number of nitrogens with one attached hydrogen (secondary N) is 1. The van der Waals surface area contributed by atoms with Gasteiger partial charge in [0.2, 0.25) is 5.91 Å². The molecule has 0 aliphatic carbocycles. The van der Waals surface area contributed by atoms with Gasteiger partial charge in [0, 0.05) is 32.7 Å². The van der Waals surface area contributed by atoms with E-state index < -0.39 is 0 Å². The minimum absolute atomic E-state index is 0.107. The second kappa shape index (κ2) is 6.73. The molecule has 0 saturated carbocycles. The van der Waals surface area contributed by atoms with Crippen LogP contribution in [-0.4, -0.2) is 31.4 Å². The molecule has 1 aromatic carbocycles. The molecule has 1 N–H and O–H groups in total. The molecule has 1 aromatic rings. The predicted octanol–water partition coefficient (Wildman–Crippen LogP) is 3.18. The lowest BCUT2D eigenvalue weighted by Crippen LogP contribution is -2.22. The molecule has 0 bridgehead atoms. The van der Waals surface area contributed by atoms with Gasteiger partial charge in [-0.15, -0.1) is 0 Å². The van der Waals surface area contributed by atoms with Crippen LogP contribution in [0.3, 0.4) is 0 Å². The van der Waals surface area contributed by atoms with Crippen molar-refractivity contribution in [3.63, 3.8) is 0 Å². The van der Waals surface area contributed by atoms with Gasteiger partial charge in [0.05, 0.1) is 4.47 Å². The minimum atomic E-state index is -0.285. The molecule has 0 aliphatic heterocycles. The van der Waals surface area contributed by atoms with E-state index in [1.165, 1.54) is 6.07 Å². The van der Waals surface area contributed by atoms with Gasteiger partial charge >= 0.3 is 0 Å². The molecule has 0 spiro atoms. The lowest BCUT2D eigenvalue weighted by Gasteiger charge is -2.12. The van der Waals surface area contributed by atoms with E-state index in [1.54, 1.807) is 25.1 Å². The second-order valence-corrected chi connectivity index (χ2v) is 5.25. The fourth-order valence-corrected chi connectivity index (χ4v) is 1.98. The van der Waals surface area contributed by atoms with E-state index in [1.807, 2.05) is 6.92 Å². The molecular formula is C13H18BrFN2O. The van der Waals surface area contributed by atoms with Crippen LogP contribution >= 0.6 is 15.9 Å². The van der Waals surface area contributed by atoms with Gasteiger partial charge in [-0.1, -0.05) is 0 Å². The Morgan fingerprint density at radius 3 is 2.72 bits per heavy atom. The molecular weight excluding hydrogens is 299 g/mol. The quantitative estimate of drug-likeness (QED) is 0.846. The first-order valence-electron chi connectivity index (χ1n) is 5.81. The molecule has 0 saturated heterocycles. The Morgan fingerprint density at radius 1 is 1.44 bits per heavy atom. The van der Waals surface area contributed by atoms with E-state index in [-0.39, 0.29) is 11.7 Å². The summed E-state index contributed by atoms with van der Waals surface area (Å²) in [6.07, 6.45) is 1.23. The van der Waals surface area contributed by atoms with Crippen molar-refractivity contribution in [3.8, 4) is 0 Å². The molecule has 0 heterocycles. The zero-order valence-electron chi connectivity index (χ0n) is 10.9. The first kappa shape index (κ1) is 15.0. The van der Waals surface area contributed by atoms with Crippen molar-refractivity contribution in [2.75, 3.05) is 26.0 Å². The Balaban J connectivity index is 2.45. The Kier molecular flexibility index (Phi) is 5.59. The van der Waals surface area contributed by atoms with Crippen molar-refractivity contribution >= 4 is 27.5 Å². The third-order valence-corrected chi connectivity index (χ3v) is 3.26. The number of hydrogen-bond donors (Lipinski definition) is 1. The molecule has 0 fully saturated rings. The summed E-state index contributed by atoms with van der Waals surface area (Å²) in [5.41, 5.74) is 1.75. The maximum Gasteiger partial charge on any atom is 0.222 e. The Morgan fingerprint density at radius 2 is 2.11 bits per heavy atom. The van der Waals surface area contributed by atoms with Crippen molar-refractivity contribution in [2.45, 2.75) is 19.8 Å². The molecule has 0 atom stereocenters. The smallest absolute Gasteiger partial charge is 0.222 e. The number of amides is 1. The van der Waals surface area contributed by atoms with Crippen LogP contribution in [0.25, 0.3) is 0 Å². The highest BCUT2D eigenvalue weighted by molar-refractivity contribution is 9.10. The largest absolute Gasteiger partial charge is 0.385 e. The normalized spacial score (nSPS) is 10.3. The van der Waals surface area contributed by atoms with Crippen LogP contribution in [0.15, 0.2) is 16.6 Å². The molecule has 0 radical (unpaired) electrons. The zero-order valence-corrected chi connectivity index (χ0v) is 12.5. The van der Waals surface area contributed by atoms with E-state index in [4.69, 9.17) is 0 Å². The summed E-state index contributed by atoms with van der Waals surface area (Å²) in [5.74, 6) is -0.178. The summed E-state index contributed by atoms with van der Waals surface area (Å²) >= 11 is 3.14. The van der Waals surface area contributed by atoms with Crippen molar-refractivity contribution in [3.05, 3.63) is 28.0 Å². The van der Waals surface area contributed by atoms with Crippen molar-refractivity contribution < 1.29 is 9.18 Å². The van der Waals surface area contributed by atoms with Crippen molar-refractivity contribution in [1.82, 2.24) is 4.90 Å². The van der Waals surface area contributed by atoms with Crippen LogP contribution in [0.2, 0.25) is 0 Å². The monoisotopic (exact) mass is 316 g/mol. The molecule has 100 valence electrons. The Hall–Kier alpha value is -1.10. The third-order valence-electron chi connectivity index (χ3n) is 2.65. The molecule has 5 heteroatoms. The number of hydrogen-bond acceptors (Lipinski definition) is 2. The maximum absolute atomic E-state index is 13.4. The van der Waals surface area contributed by atoms with Gasteiger partial charge in [0.25, 0.3) is 0 Å². The second-order valence-electron chi connectivity index (χ2n) is 4.40. The number of carbonyl (C=O) groups is 1. The van der Waals surface area contributed by atoms with Crippen LogP contribution < -0.4 is 5.32 Å². The Bertz CT molecular complexity index is 435. The summed E-state index contributed by atoms with van der Waals surface area (Å²) in [6.45, 7) is 2.57. The molecule has 1 rings (SSSR count). The number of rotatable bonds is 5. The molecule has 0 aliphatic rings. The number of carbonyl (C=O) groups excluding carboxylic acids is 1. The highest BCUT2D eigenvalue weighted by atomic mass is 79.9. The van der Waals surface area contributed by atoms with E-state index in [2.05, 4.69) is 21.2 Å². The van der Waals surface area contributed by atoms with Gasteiger partial charge in [0.15, 0.2) is 0 Å². The van der Waals surface area contributed by atoms with Crippen LogP contribution in [-0.2, 0) is 4.79 Å². The maximum atomic E-state index is 13.4. The first-order chi connectivity index (χ1) is 8.41. The van der Waals surface area contributed by atoms with Gasteiger partial charge in [-0.2, -0.15) is 0 Å². The van der Waals surface area contributed by atoms with Gasteiger partial charge in [0.1, 0.15) is 5.82 Å². The van der Waals surface area contributed by atoms with Crippen LogP contribution in [0.1, 0.15) is 18.4 Å². The fourth-order valence-electron chi connectivity index (χ4n) is 1.52. The lowest BCUT2D eigenvalue weighted by atomic mass is 10.2. The Labute approximate surface area is 115 Å². The number of anilines is 1. The zero-order chi connectivity index (χ0) is 13.7. The predicted molar refractivity (Wildman–Crippen MR) is 75.3 cm³/mol. The number of benzene rings is 1. The van der Waals surface area contributed by atoms with E-state index in [0.29, 0.717) is 17.4 Å². The molecule has 1 amide bonds. The molecule has 18 heavy (non-hydrogen) atoms. The topological polar surface area (TPSA) is 32.3 Å². The number of halogens is 2. The third kappa shape index (κ3) is 4.29. The highest BCUT2D eigenvalue weighted by Gasteiger charge is 2.06. The average molecular weight is 317 g/mol. The SMILES string of the molecule is Cc1cc(Br)c(F)cc1NCCCC(=O)N(C)C. The summed E-state index contributed by atoms with van der Waals surface area (Å²) in [7, 11) is 3.48. The van der Waals surface area contributed by atoms with Crippen LogP contribution in [0.5, 0.6) is 0 Å². The number of aryl methyl sites for hydroxylation is 1. The minimum Gasteiger partial charge on any atom is -0.385 e. The van der Waals surface area contributed by atoms with Crippen molar-refractivity contribution in [1.29, 1.82) is 0 Å². The molecule has 3 nitrogen and oxygen atoms in total. The molecule has 0 aromatic heterocycles. The standard InChI is InChI=1S/C13H18BrFN2O/c1-9-7-10(14)11(15)8-12(9)16-6-4-5-13(18)17(2)3/h7-8,16H,4-6H2,1-3H3. The van der Waals surface area contributed by atoms with E-state index in [0.717, 1.165) is 17.7 Å². The molecule has 0 unspecified atom stereocenters. The van der Waals surface area contributed by atoms with Gasteiger partial charge in [-0.05, 0) is 47.0 Å². The fraction of sp³-hybridized carbons (Fsp3) is 0.462. The van der Waals surface area contributed by atoms with Crippen molar-refractivity contribution in [2.24, 2.45) is 0 Å². The number of nitrogens with zero attached hydrogens (tertiary/aromatic N) is 1. The van der Waals surface area contributed by atoms with Crippen LogP contribution in [0.4, 0.5) is 10.1 Å². The summed E-state index contributed by atoms with van der Waals surface area (Å²) in [4.78, 5) is 12.9. The first-order valence-corrected chi connectivity index (χ1v) is 6.60. The van der Waals surface area contributed by atoms with Crippen LogP contribution in [0, 0.1) is 12.7 Å². The van der Waals surface area contributed by atoms with E-state index in [9.17, 15) is 9.18 Å². The summed E-state index contributed by atoms with van der Waals surface area (Å²) < 4.78 is 13.8. The van der Waals surface area contributed by atoms with Gasteiger partial charge in [-0.3, -0.25) is 4.79 Å². The highest BCUT2D eigenvalue weighted by Crippen LogP contribution is 2.23. The average Bonchev–Trinajstić information content (AvgIpc) is 2.30.